The summed E-state index contributed by atoms with van der Waals surface area (Å²) in [6.07, 6.45) is -2.12. The van der Waals surface area contributed by atoms with Crippen molar-refractivity contribution in [1.82, 2.24) is 29.1 Å². The number of fused-ring (bicyclic) bond motifs is 2. The van der Waals surface area contributed by atoms with Crippen LogP contribution in [0.25, 0.3) is 22.1 Å². The van der Waals surface area contributed by atoms with Crippen molar-refractivity contribution in [3.8, 4) is 0 Å². The number of hydrogen-bond donors (Lipinski definition) is 9. The van der Waals surface area contributed by atoms with Crippen molar-refractivity contribution < 1.29 is 43.9 Å². The third-order valence-corrected chi connectivity index (χ3v) is 7.09. The summed E-state index contributed by atoms with van der Waals surface area (Å²) in [6.45, 7) is -0.164. The molecule has 0 saturated carbocycles. The van der Waals surface area contributed by atoms with Crippen LogP contribution in [0.1, 0.15) is 25.3 Å². The Kier molecular flexibility index (Phi) is 8.21. The topological polar surface area (TPSA) is 299 Å². The van der Waals surface area contributed by atoms with Crippen LogP contribution in [0.3, 0.4) is 0 Å². The van der Waals surface area contributed by atoms with Gasteiger partial charge in [-0.2, -0.15) is 9.97 Å². The molecule has 2 aliphatic rings. The van der Waals surface area contributed by atoms with E-state index < -0.39 is 56.6 Å². The van der Waals surface area contributed by atoms with Crippen LogP contribution >= 0.6 is 7.60 Å². The molecule has 2 aliphatic heterocycles. The van der Waals surface area contributed by atoms with Gasteiger partial charge in [0.25, 0.3) is 11.1 Å². The zero-order chi connectivity index (χ0) is 30.3. The lowest BCUT2D eigenvalue weighted by atomic mass is 10.2. The number of aromatic amines is 2. The van der Waals surface area contributed by atoms with E-state index in [4.69, 9.17) is 40.6 Å². The zero-order valence-corrected chi connectivity index (χ0v) is 22.6. The number of aromatic nitrogens is 6. The lowest BCUT2D eigenvalue weighted by molar-refractivity contribution is -0.145. The molecule has 42 heavy (non-hydrogen) atoms. The van der Waals surface area contributed by atoms with Gasteiger partial charge >= 0.3 is 7.60 Å². The number of aliphatic hydroxyl groups is 3. The van der Waals surface area contributed by atoms with Gasteiger partial charge in [-0.15, -0.1) is 0 Å². The third-order valence-electron chi connectivity index (χ3n) is 6.60. The Morgan fingerprint density at radius 3 is 1.90 bits per heavy atom. The number of hydrogen-bond acceptors (Lipinski definition) is 13. The highest BCUT2D eigenvalue weighted by Crippen LogP contribution is 2.38. The van der Waals surface area contributed by atoms with Gasteiger partial charge < -0.3 is 59.9 Å². The van der Waals surface area contributed by atoms with Gasteiger partial charge in [-0.25, -0.2) is 0 Å². The van der Waals surface area contributed by atoms with E-state index in [9.17, 15) is 24.4 Å². The van der Waals surface area contributed by atoms with Crippen molar-refractivity contribution in [2.45, 2.75) is 49.9 Å². The first-order valence-electron chi connectivity index (χ1n) is 12.5. The molecule has 6 atom stereocenters. The number of nitrogens with zero attached hydrogens (tertiary/aromatic N) is 4. The quantitative estimate of drug-likeness (QED) is 0.106. The lowest BCUT2D eigenvalue weighted by Crippen LogP contribution is -2.20. The Balaban J connectivity index is 0.000000171. The Labute approximate surface area is 234 Å². The van der Waals surface area contributed by atoms with Crippen molar-refractivity contribution in [1.29, 1.82) is 0 Å². The summed E-state index contributed by atoms with van der Waals surface area (Å²) in [5.74, 6) is -0.0760. The predicted octanol–water partition coefficient (Wildman–Crippen LogP) is -1.99. The summed E-state index contributed by atoms with van der Waals surface area (Å²) < 4.78 is 29.7. The van der Waals surface area contributed by atoms with Crippen molar-refractivity contribution in [2.75, 3.05) is 24.4 Å². The molecule has 228 valence electrons. The Morgan fingerprint density at radius 2 is 1.43 bits per heavy atom. The molecule has 0 aliphatic carbocycles. The van der Waals surface area contributed by atoms with E-state index in [1.807, 2.05) is 0 Å². The van der Waals surface area contributed by atoms with Gasteiger partial charge in [0.1, 0.15) is 12.2 Å². The average Bonchev–Trinajstić information content (AvgIpc) is 3.67. The SMILES string of the molecule is Nc1nc2c(ccn2[C@@H]2O[C@H](CO)C[C@@H]2O)c(=O)[nH]1.Nc1nc2c(ccn2[C@@H]2O[C@H](OCP(=O)(O)O)C[C@@H]2O)c(=O)[nH]1. The Bertz CT molecular complexity index is 1750. The maximum absolute atomic E-state index is 11.8. The van der Waals surface area contributed by atoms with Crippen LogP contribution < -0.4 is 22.6 Å². The summed E-state index contributed by atoms with van der Waals surface area (Å²) in [4.78, 5) is 53.9. The minimum Gasteiger partial charge on any atom is -0.394 e. The van der Waals surface area contributed by atoms with E-state index in [2.05, 4.69) is 19.9 Å². The summed E-state index contributed by atoms with van der Waals surface area (Å²) in [5, 5.41) is 29.8. The fourth-order valence-corrected chi connectivity index (χ4v) is 5.14. The fourth-order valence-electron chi connectivity index (χ4n) is 4.78. The molecule has 6 heterocycles. The normalized spacial score (nSPS) is 26.1. The standard InChI is InChI=1S/C11H15N4O7P.C11H14N4O4/c12-11-13-8-5(9(17)14-11)1-2-15(8)10-6(16)3-7(22-10)21-4-23(18,19)20;12-11-13-8-6(9(18)14-11)1-2-15(8)10-7(17)3-5(4-16)19-10/h1-2,6-7,10,16H,3-4H2,(H2,18,19,20)(H3,12,13,14,17);1-2,5,7,10,16-17H,3-4H2,(H3,12,13,14,18)/t6-,7-,10+;5-,7-,10+/m00/s1. The number of nitrogens with one attached hydrogen (secondary N) is 2. The van der Waals surface area contributed by atoms with E-state index in [0.29, 0.717) is 17.5 Å². The van der Waals surface area contributed by atoms with E-state index in [1.54, 1.807) is 16.8 Å². The van der Waals surface area contributed by atoms with Crippen LogP contribution in [0.15, 0.2) is 34.1 Å². The van der Waals surface area contributed by atoms with Gasteiger partial charge in [-0.1, -0.05) is 0 Å². The fraction of sp³-hybridized carbons (Fsp3) is 0.455. The van der Waals surface area contributed by atoms with Gasteiger partial charge in [0.2, 0.25) is 11.9 Å². The monoisotopic (exact) mass is 612 g/mol. The average molecular weight is 612 g/mol. The van der Waals surface area contributed by atoms with Crippen LogP contribution in [-0.4, -0.2) is 91.7 Å². The van der Waals surface area contributed by atoms with E-state index >= 15 is 0 Å². The maximum Gasteiger partial charge on any atom is 0.351 e. The first kappa shape index (κ1) is 29.8. The molecule has 0 radical (unpaired) electrons. The molecule has 4 aromatic heterocycles. The predicted molar refractivity (Wildman–Crippen MR) is 144 cm³/mol. The van der Waals surface area contributed by atoms with Crippen molar-refractivity contribution >= 4 is 41.6 Å². The highest BCUT2D eigenvalue weighted by molar-refractivity contribution is 7.51. The summed E-state index contributed by atoms with van der Waals surface area (Å²) in [7, 11) is -4.33. The molecule has 0 bridgehead atoms. The largest absolute Gasteiger partial charge is 0.394 e. The van der Waals surface area contributed by atoms with E-state index in [1.165, 1.54) is 16.8 Å². The first-order valence-corrected chi connectivity index (χ1v) is 14.3. The molecular formula is C22H29N8O11P. The van der Waals surface area contributed by atoms with Gasteiger partial charge in [0, 0.05) is 25.2 Å². The van der Waals surface area contributed by atoms with Gasteiger partial charge in [0.15, 0.2) is 36.4 Å². The summed E-state index contributed by atoms with van der Waals surface area (Å²) in [6, 6.07) is 3.09. The van der Waals surface area contributed by atoms with Gasteiger partial charge in [0.05, 0.1) is 23.5 Å². The molecule has 0 unspecified atom stereocenters. The Morgan fingerprint density at radius 1 is 0.929 bits per heavy atom. The highest BCUT2D eigenvalue weighted by Gasteiger charge is 2.38. The Hall–Kier alpha value is -3.65. The van der Waals surface area contributed by atoms with Crippen LogP contribution in [0.4, 0.5) is 11.9 Å². The molecule has 0 aromatic carbocycles. The minimum absolute atomic E-state index is 0.00337. The summed E-state index contributed by atoms with van der Waals surface area (Å²) >= 11 is 0. The molecule has 2 fully saturated rings. The lowest BCUT2D eigenvalue weighted by Gasteiger charge is -2.17. The first-order chi connectivity index (χ1) is 19.8. The molecular weight excluding hydrogens is 583 g/mol. The van der Waals surface area contributed by atoms with Crippen molar-refractivity contribution in [3.05, 3.63) is 45.2 Å². The summed E-state index contributed by atoms with van der Waals surface area (Å²) in [5.41, 5.74) is 10.8. The molecule has 4 aromatic rings. The molecule has 19 nitrogen and oxygen atoms in total. The van der Waals surface area contributed by atoms with E-state index in [-0.39, 0.29) is 41.5 Å². The van der Waals surface area contributed by atoms with Crippen molar-refractivity contribution in [3.63, 3.8) is 0 Å². The van der Waals surface area contributed by atoms with Crippen LogP contribution in [0, 0.1) is 0 Å². The smallest absolute Gasteiger partial charge is 0.351 e. The number of nitrogens with two attached hydrogens (primary N) is 2. The third kappa shape index (κ3) is 6.09. The zero-order valence-electron chi connectivity index (χ0n) is 21.7. The van der Waals surface area contributed by atoms with E-state index in [0.717, 1.165) is 0 Å². The number of H-pyrrole nitrogens is 2. The molecule has 6 rings (SSSR count). The second kappa shape index (κ2) is 11.6. The number of anilines is 2. The second-order valence-corrected chi connectivity index (χ2v) is 11.3. The molecule has 2 saturated heterocycles. The molecule has 11 N–H and O–H groups in total. The number of rotatable bonds is 6. The number of nitrogen functional groups attached to an aromatic ring is 2. The number of ether oxygens (including phenoxy) is 3. The van der Waals surface area contributed by atoms with Crippen LogP contribution in [0.2, 0.25) is 0 Å². The molecule has 20 heteroatoms. The van der Waals surface area contributed by atoms with Gasteiger partial charge in [-0.3, -0.25) is 24.1 Å². The number of aliphatic hydroxyl groups excluding tert-OH is 3. The minimum atomic E-state index is -4.33. The maximum atomic E-state index is 11.8. The van der Waals surface area contributed by atoms with Gasteiger partial charge in [-0.05, 0) is 12.1 Å². The van der Waals surface area contributed by atoms with Crippen molar-refractivity contribution in [2.24, 2.45) is 0 Å². The van der Waals surface area contributed by atoms with Crippen LogP contribution in [-0.2, 0) is 18.8 Å². The second-order valence-electron chi connectivity index (χ2n) is 9.68. The van der Waals surface area contributed by atoms with Crippen LogP contribution in [0.5, 0.6) is 0 Å². The molecule has 0 amide bonds. The molecule has 0 spiro atoms. The highest BCUT2D eigenvalue weighted by atomic mass is 31.2.